The number of aromatic nitrogens is 3. The lowest BCUT2D eigenvalue weighted by molar-refractivity contribution is 0.0974. The Morgan fingerprint density at radius 2 is 1.88 bits per heavy atom. The molecule has 0 unspecified atom stereocenters. The van der Waals surface area contributed by atoms with Crippen LogP contribution in [-0.2, 0) is 6.54 Å². The first-order valence-corrected chi connectivity index (χ1v) is 8.22. The van der Waals surface area contributed by atoms with Crippen molar-refractivity contribution in [2.75, 3.05) is 7.11 Å². The smallest absolute Gasteiger partial charge is 0.264 e. The molecule has 0 atom stereocenters. The van der Waals surface area contributed by atoms with Crippen LogP contribution in [0.5, 0.6) is 5.75 Å². The second-order valence-corrected chi connectivity index (χ2v) is 5.95. The molecule has 0 bridgehead atoms. The number of ether oxygens (including phenoxy) is 1. The highest BCUT2D eigenvalue weighted by atomic mass is 16.5. The van der Waals surface area contributed by atoms with Crippen molar-refractivity contribution in [3.8, 4) is 17.3 Å². The van der Waals surface area contributed by atoms with Gasteiger partial charge in [-0.3, -0.25) is 4.79 Å². The Hall–Kier alpha value is -3.41. The van der Waals surface area contributed by atoms with Gasteiger partial charge in [0.1, 0.15) is 11.4 Å². The number of Topliss-reactive ketones (excluding diaryl/α,β-unsaturated/α-hetero) is 1. The van der Waals surface area contributed by atoms with Crippen LogP contribution in [-0.4, -0.2) is 27.7 Å². The summed E-state index contributed by atoms with van der Waals surface area (Å²) in [4.78, 5) is 12.8. The number of hydrogen-bond acceptors (Lipinski definition) is 5. The molecular formula is C20H17N3O3. The third-order valence-electron chi connectivity index (χ3n) is 4.27. The van der Waals surface area contributed by atoms with Crippen molar-refractivity contribution >= 4 is 16.7 Å². The predicted molar refractivity (Wildman–Crippen MR) is 97.3 cm³/mol. The number of nitrogens with zero attached hydrogens (tertiary/aromatic N) is 3. The van der Waals surface area contributed by atoms with E-state index in [0.717, 1.165) is 22.3 Å². The molecule has 4 aromatic rings. The quantitative estimate of drug-likeness (QED) is 0.512. The fraction of sp³-hybridized carbons (Fsp3) is 0.150. The number of hydrogen-bond donors (Lipinski definition) is 0. The van der Waals surface area contributed by atoms with Crippen LogP contribution in [0.1, 0.15) is 16.2 Å². The van der Waals surface area contributed by atoms with Crippen LogP contribution in [0, 0.1) is 6.92 Å². The summed E-state index contributed by atoms with van der Waals surface area (Å²) in [6, 6.07) is 16.9. The molecule has 0 radical (unpaired) electrons. The molecule has 0 amide bonds. The zero-order chi connectivity index (χ0) is 18.1. The Bertz CT molecular complexity index is 1080. The zero-order valence-electron chi connectivity index (χ0n) is 14.5. The monoisotopic (exact) mass is 347 g/mol. The lowest BCUT2D eigenvalue weighted by Crippen LogP contribution is -2.11. The van der Waals surface area contributed by atoms with Crippen LogP contribution in [0.15, 0.2) is 59.0 Å². The maximum absolute atomic E-state index is 12.8. The third-order valence-corrected chi connectivity index (χ3v) is 4.27. The van der Waals surface area contributed by atoms with Gasteiger partial charge in [0.25, 0.3) is 5.89 Å². The summed E-state index contributed by atoms with van der Waals surface area (Å²) in [5.74, 6) is 1.60. The van der Waals surface area contributed by atoms with Crippen LogP contribution in [0.4, 0.5) is 0 Å². The second-order valence-electron chi connectivity index (χ2n) is 5.95. The number of methoxy groups -OCH3 is 1. The van der Waals surface area contributed by atoms with Crippen molar-refractivity contribution in [1.82, 2.24) is 14.8 Å². The minimum absolute atomic E-state index is 0.00788. The lowest BCUT2D eigenvalue weighted by atomic mass is 10.1. The molecule has 130 valence electrons. The van der Waals surface area contributed by atoms with Gasteiger partial charge in [0.2, 0.25) is 5.89 Å². The Morgan fingerprint density at radius 1 is 1.12 bits per heavy atom. The SMILES string of the molecule is COc1ccc(C(=O)Cn2c(-c3nnc(C)o3)cc3ccccc32)cc1. The van der Waals surface area contributed by atoms with Crippen LogP contribution in [0.2, 0.25) is 0 Å². The van der Waals surface area contributed by atoms with E-state index in [2.05, 4.69) is 10.2 Å². The zero-order valence-corrected chi connectivity index (χ0v) is 14.5. The summed E-state index contributed by atoms with van der Waals surface area (Å²) in [5, 5.41) is 9.03. The normalized spacial score (nSPS) is 11.0. The highest BCUT2D eigenvalue weighted by Crippen LogP contribution is 2.28. The number of ketones is 1. The van der Waals surface area contributed by atoms with E-state index >= 15 is 0 Å². The number of benzene rings is 2. The van der Waals surface area contributed by atoms with Crippen molar-refractivity contribution in [3.63, 3.8) is 0 Å². The van der Waals surface area contributed by atoms with Gasteiger partial charge in [-0.2, -0.15) is 0 Å². The molecule has 26 heavy (non-hydrogen) atoms. The molecule has 2 aromatic carbocycles. The Labute approximate surface area is 150 Å². The predicted octanol–water partition coefficient (Wildman–Crippen LogP) is 3.89. The van der Waals surface area contributed by atoms with Crippen LogP contribution in [0.25, 0.3) is 22.5 Å². The number of para-hydroxylation sites is 1. The molecule has 2 heterocycles. The molecule has 6 heteroatoms. The molecular weight excluding hydrogens is 330 g/mol. The maximum Gasteiger partial charge on any atom is 0.264 e. The van der Waals surface area contributed by atoms with Gasteiger partial charge in [-0.15, -0.1) is 10.2 Å². The van der Waals surface area contributed by atoms with Crippen molar-refractivity contribution in [3.05, 3.63) is 66.1 Å². The van der Waals surface area contributed by atoms with E-state index in [1.807, 2.05) is 34.9 Å². The summed E-state index contributed by atoms with van der Waals surface area (Å²) in [6.45, 7) is 1.92. The number of carbonyl (C=O) groups excluding carboxylic acids is 1. The van der Waals surface area contributed by atoms with Gasteiger partial charge in [0.05, 0.1) is 13.7 Å². The van der Waals surface area contributed by atoms with E-state index in [4.69, 9.17) is 9.15 Å². The summed E-state index contributed by atoms with van der Waals surface area (Å²) >= 11 is 0. The topological polar surface area (TPSA) is 70.2 Å². The lowest BCUT2D eigenvalue weighted by Gasteiger charge is -2.09. The second kappa shape index (κ2) is 6.48. The first-order chi connectivity index (χ1) is 12.7. The summed E-state index contributed by atoms with van der Waals surface area (Å²) < 4.78 is 12.6. The standard InChI is InChI=1S/C20H17N3O3/c1-13-21-22-20(26-13)18-11-15-5-3-4-6-17(15)23(18)12-19(24)14-7-9-16(25-2)10-8-14/h3-11H,12H2,1-2H3. The number of fused-ring (bicyclic) bond motifs is 1. The fourth-order valence-corrected chi connectivity index (χ4v) is 2.97. The van der Waals surface area contributed by atoms with Gasteiger partial charge >= 0.3 is 0 Å². The molecule has 0 N–H and O–H groups in total. The van der Waals surface area contributed by atoms with Gasteiger partial charge in [-0.25, -0.2) is 0 Å². The molecule has 0 aliphatic carbocycles. The molecule has 0 saturated heterocycles. The average Bonchev–Trinajstić information content (AvgIpc) is 3.25. The van der Waals surface area contributed by atoms with Crippen LogP contribution in [0.3, 0.4) is 0 Å². The molecule has 2 aromatic heterocycles. The van der Waals surface area contributed by atoms with E-state index < -0.39 is 0 Å². The van der Waals surface area contributed by atoms with E-state index in [0.29, 0.717) is 17.3 Å². The fourth-order valence-electron chi connectivity index (χ4n) is 2.97. The summed E-state index contributed by atoms with van der Waals surface area (Å²) in [7, 11) is 1.60. The minimum atomic E-state index is -0.00788. The van der Waals surface area contributed by atoms with Crippen LogP contribution >= 0.6 is 0 Å². The van der Waals surface area contributed by atoms with Gasteiger partial charge in [0, 0.05) is 23.4 Å². The molecule has 0 spiro atoms. The Balaban J connectivity index is 1.75. The molecule has 0 saturated carbocycles. The number of aryl methyl sites for hydroxylation is 1. The van der Waals surface area contributed by atoms with Crippen molar-refractivity contribution < 1.29 is 13.9 Å². The van der Waals surface area contributed by atoms with Gasteiger partial charge in [0.15, 0.2) is 5.78 Å². The number of carbonyl (C=O) groups is 1. The average molecular weight is 347 g/mol. The van der Waals surface area contributed by atoms with Crippen molar-refractivity contribution in [1.29, 1.82) is 0 Å². The first kappa shape index (κ1) is 16.1. The molecule has 4 rings (SSSR count). The van der Waals surface area contributed by atoms with Crippen LogP contribution < -0.4 is 4.74 Å². The highest BCUT2D eigenvalue weighted by molar-refractivity contribution is 5.98. The molecule has 0 aliphatic rings. The summed E-state index contributed by atoms with van der Waals surface area (Å²) in [5.41, 5.74) is 2.30. The minimum Gasteiger partial charge on any atom is -0.497 e. The van der Waals surface area contributed by atoms with E-state index in [9.17, 15) is 4.79 Å². The third kappa shape index (κ3) is 2.86. The van der Waals surface area contributed by atoms with Crippen molar-refractivity contribution in [2.24, 2.45) is 0 Å². The van der Waals surface area contributed by atoms with Gasteiger partial charge in [-0.05, 0) is 36.4 Å². The van der Waals surface area contributed by atoms with E-state index in [1.54, 1.807) is 38.3 Å². The van der Waals surface area contributed by atoms with Crippen molar-refractivity contribution in [2.45, 2.75) is 13.5 Å². The molecule has 6 nitrogen and oxygen atoms in total. The summed E-state index contributed by atoms with van der Waals surface area (Å²) in [6.07, 6.45) is 0. The first-order valence-electron chi connectivity index (χ1n) is 8.22. The van der Waals surface area contributed by atoms with Gasteiger partial charge < -0.3 is 13.7 Å². The maximum atomic E-state index is 12.8. The highest BCUT2D eigenvalue weighted by Gasteiger charge is 2.18. The largest absolute Gasteiger partial charge is 0.497 e. The Morgan fingerprint density at radius 3 is 2.58 bits per heavy atom. The molecule has 0 aliphatic heterocycles. The molecule has 0 fully saturated rings. The van der Waals surface area contributed by atoms with E-state index in [1.165, 1.54) is 0 Å². The van der Waals surface area contributed by atoms with Gasteiger partial charge in [-0.1, -0.05) is 18.2 Å². The Kier molecular flexibility index (Phi) is 4.01. The number of rotatable bonds is 5. The van der Waals surface area contributed by atoms with E-state index in [-0.39, 0.29) is 12.3 Å².